The summed E-state index contributed by atoms with van der Waals surface area (Å²) in [4.78, 5) is 33.4. The number of nitrogens with one attached hydrogen (secondary N) is 2. The van der Waals surface area contributed by atoms with Crippen molar-refractivity contribution in [3.8, 4) is 0 Å². The number of nitrogens with zero attached hydrogens (tertiary/aromatic N) is 3. The van der Waals surface area contributed by atoms with Crippen LogP contribution in [0.4, 0.5) is 24.5 Å². The Kier molecular flexibility index (Phi) is 7.03. The van der Waals surface area contributed by atoms with Crippen LogP contribution in [0.3, 0.4) is 0 Å². The normalized spacial score (nSPS) is 20.1. The number of alkyl halides is 3. The lowest BCUT2D eigenvalue weighted by molar-refractivity contribution is -0.136. The number of carbonyl (C=O) groups excluding carboxylic acids is 2. The number of hydrogen-bond donors (Lipinski definition) is 3. The third-order valence-corrected chi connectivity index (χ3v) is 7.01. The molecule has 0 saturated carbocycles. The van der Waals surface area contributed by atoms with E-state index in [-0.39, 0.29) is 18.2 Å². The van der Waals surface area contributed by atoms with Crippen molar-refractivity contribution < 1.29 is 32.7 Å². The smallest absolute Gasteiger partial charge is 0.392 e. The fourth-order valence-corrected chi connectivity index (χ4v) is 4.93. The van der Waals surface area contributed by atoms with Gasteiger partial charge in [-0.15, -0.1) is 0 Å². The summed E-state index contributed by atoms with van der Waals surface area (Å²) in [5.41, 5.74) is 5.74. The lowest BCUT2D eigenvalue weighted by Gasteiger charge is -2.32. The Morgan fingerprint density at radius 3 is 2.79 bits per heavy atom. The Morgan fingerprint density at radius 1 is 1.26 bits per heavy atom. The summed E-state index contributed by atoms with van der Waals surface area (Å²) in [5, 5.41) is 13.9. The van der Waals surface area contributed by atoms with Gasteiger partial charge in [-0.3, -0.25) is 14.5 Å². The average molecular weight is 532 g/mol. The van der Waals surface area contributed by atoms with Crippen LogP contribution >= 0.6 is 0 Å². The molecule has 2 aromatic rings. The molecule has 2 amide bonds. The highest BCUT2D eigenvalue weighted by molar-refractivity contribution is 5.99. The number of hydrazine groups is 1. The molecule has 3 aliphatic heterocycles. The fourth-order valence-electron chi connectivity index (χ4n) is 4.93. The summed E-state index contributed by atoms with van der Waals surface area (Å²) in [6.45, 7) is 1.58. The van der Waals surface area contributed by atoms with Crippen LogP contribution in [0.2, 0.25) is 0 Å². The van der Waals surface area contributed by atoms with Crippen molar-refractivity contribution in [1.82, 2.24) is 15.4 Å². The number of amides is 2. The number of anilines is 2. The quantitative estimate of drug-likeness (QED) is 0.506. The second kappa shape index (κ2) is 10.3. The minimum atomic E-state index is -4.63. The van der Waals surface area contributed by atoms with Crippen LogP contribution in [-0.2, 0) is 27.3 Å². The van der Waals surface area contributed by atoms with Crippen molar-refractivity contribution in [2.24, 2.45) is 0 Å². The Hall–Kier alpha value is -3.61. The summed E-state index contributed by atoms with van der Waals surface area (Å²) in [5.74, 6) is -1.40. The number of hydrogen-bond acceptors (Lipinski definition) is 7. The van der Waals surface area contributed by atoms with Gasteiger partial charge in [0.05, 0.1) is 36.9 Å². The standard InChI is InChI=1S/C26H28F3N5O4/c1-32(25(37)10-16-5-6-17-12-24(36)30-21(17)9-16)22(14-33-8-7-20(35)13-33)18-3-2-4-19(11-18)34-15-23(38-31-34)26(27,28)29/h2-6,9,11,15,20,22,31,35H,7-8,10,12-14H2,1H3,(H,30,36)/t20?,22-/m1/s1. The van der Waals surface area contributed by atoms with Crippen molar-refractivity contribution in [2.75, 3.05) is 37.0 Å². The van der Waals surface area contributed by atoms with Gasteiger partial charge in [-0.05, 0) is 41.3 Å². The molecule has 12 heteroatoms. The van der Waals surface area contributed by atoms with Crippen molar-refractivity contribution in [3.05, 3.63) is 71.1 Å². The van der Waals surface area contributed by atoms with E-state index in [1.54, 1.807) is 30.1 Å². The number of β-amino-alcohol motifs (C(OH)–C–C–N with tert-alkyl or cyclic N) is 1. The first-order valence-corrected chi connectivity index (χ1v) is 12.3. The fraction of sp³-hybridized carbons (Fsp3) is 0.385. The van der Waals surface area contributed by atoms with E-state index in [0.29, 0.717) is 43.9 Å². The molecule has 2 atom stereocenters. The minimum absolute atomic E-state index is 0.0802. The van der Waals surface area contributed by atoms with Crippen LogP contribution in [-0.4, -0.2) is 65.7 Å². The van der Waals surface area contributed by atoms with E-state index in [4.69, 9.17) is 0 Å². The van der Waals surface area contributed by atoms with E-state index in [0.717, 1.165) is 27.9 Å². The topological polar surface area (TPSA) is 97.4 Å². The maximum atomic E-state index is 13.4. The number of benzene rings is 2. The van der Waals surface area contributed by atoms with Gasteiger partial charge in [0.15, 0.2) is 0 Å². The molecule has 0 aromatic heterocycles. The minimum Gasteiger partial charge on any atom is -0.392 e. The van der Waals surface area contributed by atoms with Crippen molar-refractivity contribution in [2.45, 2.75) is 37.6 Å². The van der Waals surface area contributed by atoms with E-state index in [1.165, 1.54) is 0 Å². The highest BCUT2D eigenvalue weighted by Crippen LogP contribution is 2.32. The zero-order chi connectivity index (χ0) is 27.0. The first-order chi connectivity index (χ1) is 18.1. The molecule has 3 heterocycles. The number of rotatable bonds is 7. The van der Waals surface area contributed by atoms with Gasteiger partial charge < -0.3 is 20.2 Å². The Labute approximate surface area is 217 Å². The summed E-state index contributed by atoms with van der Waals surface area (Å²) in [6.07, 6.45) is -3.19. The molecular formula is C26H28F3N5O4. The summed E-state index contributed by atoms with van der Waals surface area (Å²) < 4.78 is 39.1. The third kappa shape index (κ3) is 5.62. The van der Waals surface area contributed by atoms with E-state index in [2.05, 4.69) is 20.6 Å². The van der Waals surface area contributed by atoms with Crippen LogP contribution in [0.5, 0.6) is 0 Å². The highest BCUT2D eigenvalue weighted by Gasteiger charge is 2.40. The molecule has 1 saturated heterocycles. The maximum Gasteiger partial charge on any atom is 0.453 e. The number of halogens is 3. The van der Waals surface area contributed by atoms with Crippen LogP contribution in [0, 0.1) is 0 Å². The molecule has 38 heavy (non-hydrogen) atoms. The summed E-state index contributed by atoms with van der Waals surface area (Å²) >= 11 is 0. The van der Waals surface area contributed by atoms with E-state index < -0.39 is 24.1 Å². The van der Waals surface area contributed by atoms with Gasteiger partial charge in [0.2, 0.25) is 17.6 Å². The molecular weight excluding hydrogens is 503 g/mol. The van der Waals surface area contributed by atoms with Gasteiger partial charge in [-0.2, -0.15) is 13.2 Å². The van der Waals surface area contributed by atoms with Crippen molar-refractivity contribution in [3.63, 3.8) is 0 Å². The van der Waals surface area contributed by atoms with Crippen molar-refractivity contribution >= 4 is 23.2 Å². The van der Waals surface area contributed by atoms with Crippen LogP contribution in [0.15, 0.2) is 54.4 Å². The van der Waals surface area contributed by atoms with Crippen LogP contribution < -0.4 is 15.9 Å². The lowest BCUT2D eigenvalue weighted by Crippen LogP contribution is -2.39. The molecule has 3 aliphatic rings. The number of aliphatic hydroxyl groups excluding tert-OH is 1. The van der Waals surface area contributed by atoms with Gasteiger partial charge in [0.1, 0.15) is 0 Å². The third-order valence-electron chi connectivity index (χ3n) is 7.01. The highest BCUT2D eigenvalue weighted by atomic mass is 19.4. The predicted molar refractivity (Wildman–Crippen MR) is 132 cm³/mol. The molecule has 9 nitrogen and oxygen atoms in total. The lowest BCUT2D eigenvalue weighted by atomic mass is 10.0. The molecule has 0 radical (unpaired) electrons. The molecule has 0 aliphatic carbocycles. The van der Waals surface area contributed by atoms with Crippen LogP contribution in [0.25, 0.3) is 0 Å². The molecule has 1 unspecified atom stereocenters. The molecule has 0 spiro atoms. The number of likely N-dealkylation sites (tertiary alicyclic amines) is 1. The van der Waals surface area contributed by atoms with E-state index in [1.807, 2.05) is 24.3 Å². The molecule has 2 aromatic carbocycles. The first kappa shape index (κ1) is 26.0. The number of likely N-dealkylation sites (N-methyl/N-ethyl adjacent to an activating group) is 1. The van der Waals surface area contributed by atoms with Gasteiger partial charge >= 0.3 is 6.18 Å². The largest absolute Gasteiger partial charge is 0.453 e. The Bertz CT molecular complexity index is 1270. The van der Waals surface area contributed by atoms with E-state index >= 15 is 0 Å². The van der Waals surface area contributed by atoms with Gasteiger partial charge in [0, 0.05) is 32.4 Å². The molecule has 202 valence electrons. The second-order valence-corrected chi connectivity index (χ2v) is 9.77. The molecule has 1 fully saturated rings. The van der Waals surface area contributed by atoms with Gasteiger partial charge in [-0.25, -0.2) is 5.01 Å². The Balaban J connectivity index is 1.37. The number of aliphatic hydroxyl groups is 1. The number of carbonyl (C=O) groups is 2. The number of fused-ring (bicyclic) bond motifs is 1. The average Bonchev–Trinajstić information content (AvgIpc) is 3.61. The molecule has 0 bridgehead atoms. The van der Waals surface area contributed by atoms with Gasteiger partial charge in [0.25, 0.3) is 0 Å². The molecule has 5 rings (SSSR count). The first-order valence-electron chi connectivity index (χ1n) is 12.3. The zero-order valence-corrected chi connectivity index (χ0v) is 20.7. The van der Waals surface area contributed by atoms with E-state index in [9.17, 15) is 27.9 Å². The van der Waals surface area contributed by atoms with Crippen LogP contribution in [0.1, 0.15) is 29.2 Å². The Morgan fingerprint density at radius 2 is 2.08 bits per heavy atom. The maximum absolute atomic E-state index is 13.4. The predicted octanol–water partition coefficient (Wildman–Crippen LogP) is 2.65. The monoisotopic (exact) mass is 531 g/mol. The second-order valence-electron chi connectivity index (χ2n) is 9.77. The van der Waals surface area contributed by atoms with Crippen molar-refractivity contribution in [1.29, 1.82) is 0 Å². The molecule has 3 N–H and O–H groups in total. The van der Waals surface area contributed by atoms with Gasteiger partial charge in [-0.1, -0.05) is 29.9 Å². The zero-order valence-electron chi connectivity index (χ0n) is 20.7. The SMILES string of the molecule is CN(C(=O)Cc1ccc2c(c1)NC(=O)C2)[C@H](CN1CCC(O)C1)c1cccc(N2C=C(C(F)(F)F)ON2)c1. The summed E-state index contributed by atoms with van der Waals surface area (Å²) in [7, 11) is 1.69. The summed E-state index contributed by atoms with van der Waals surface area (Å²) in [6, 6.07) is 11.9. The number of allylic oxidation sites excluding steroid dienone is 1.